The number of sulfonamides is 1. The zero-order valence-corrected chi connectivity index (χ0v) is 21.2. The maximum atomic E-state index is 13.3. The first-order chi connectivity index (χ1) is 16.1. The van der Waals surface area contributed by atoms with Crippen molar-refractivity contribution in [1.82, 2.24) is 9.97 Å². The Labute approximate surface area is 205 Å². The summed E-state index contributed by atoms with van der Waals surface area (Å²) in [6, 6.07) is 4.92. The molecule has 14 heteroatoms. The highest BCUT2D eigenvalue weighted by Crippen LogP contribution is 2.36. The van der Waals surface area contributed by atoms with Crippen LogP contribution in [0.15, 0.2) is 29.4 Å². The summed E-state index contributed by atoms with van der Waals surface area (Å²) in [4.78, 5) is 5.59. The number of ether oxygens (including phenoxy) is 2. The fourth-order valence-corrected chi connectivity index (χ4v) is 4.05. The van der Waals surface area contributed by atoms with Crippen LogP contribution in [0.2, 0.25) is 0 Å². The Hall–Kier alpha value is -2.77. The molecule has 0 radical (unpaired) electrons. The van der Waals surface area contributed by atoms with Crippen LogP contribution in [-0.4, -0.2) is 44.0 Å². The molecule has 0 unspecified atom stereocenters. The van der Waals surface area contributed by atoms with Crippen LogP contribution in [0.25, 0.3) is 0 Å². The van der Waals surface area contributed by atoms with Crippen molar-refractivity contribution in [2.75, 3.05) is 17.9 Å². The van der Waals surface area contributed by atoms with E-state index in [0.29, 0.717) is 6.33 Å². The van der Waals surface area contributed by atoms with Crippen molar-refractivity contribution in [1.29, 1.82) is 0 Å². The van der Waals surface area contributed by atoms with Crippen LogP contribution in [0, 0.1) is 0 Å². The average Bonchev–Trinajstić information content (AvgIpc) is 2.67. The lowest BCUT2D eigenvalue weighted by Gasteiger charge is -2.26. The molecule has 1 aromatic carbocycles. The largest absolute Gasteiger partial charge is 0.467 e. The van der Waals surface area contributed by atoms with Crippen LogP contribution in [0.1, 0.15) is 52.7 Å². The first-order valence-electron chi connectivity index (χ1n) is 10.5. The second kappa shape index (κ2) is 9.94. The van der Waals surface area contributed by atoms with Gasteiger partial charge >= 0.3 is 12.4 Å². The van der Waals surface area contributed by atoms with Gasteiger partial charge in [-0.3, -0.25) is 4.72 Å². The second-order valence-electron chi connectivity index (χ2n) is 10.0. The minimum atomic E-state index is -4.89. The average molecular weight is 544 g/mol. The normalized spacial score (nSPS) is 13.4. The van der Waals surface area contributed by atoms with Gasteiger partial charge in [-0.05, 0) is 34.1 Å². The van der Waals surface area contributed by atoms with Crippen LogP contribution >= 0.6 is 0 Å². The highest BCUT2D eigenvalue weighted by molar-refractivity contribution is 7.93. The van der Waals surface area contributed by atoms with Gasteiger partial charge in [-0.15, -0.1) is 0 Å². The standard InChI is InChI=1S/C22H27F6N3O4S/c1-19(2,3)13-7-14(20(4,5)6)9-15(8-13)31-36(32,33)16-17(34-10-21(23,24)25)29-12-30-18(16)35-11-22(26,27)28/h7-9,12,31H,10-11H2,1-6H3. The number of nitrogens with one attached hydrogen (secondary N) is 1. The summed E-state index contributed by atoms with van der Waals surface area (Å²) < 4.78 is 114. The number of alkyl halides is 6. The van der Waals surface area contributed by atoms with Gasteiger partial charge in [0.1, 0.15) is 6.33 Å². The highest BCUT2D eigenvalue weighted by Gasteiger charge is 2.35. The summed E-state index contributed by atoms with van der Waals surface area (Å²) in [5.74, 6) is -2.23. The van der Waals surface area contributed by atoms with E-state index in [1.165, 1.54) is 12.1 Å². The molecule has 0 fully saturated rings. The fraction of sp³-hybridized carbons (Fsp3) is 0.545. The molecule has 36 heavy (non-hydrogen) atoms. The van der Waals surface area contributed by atoms with Crippen molar-refractivity contribution in [2.24, 2.45) is 0 Å². The number of hydrogen-bond donors (Lipinski definition) is 1. The molecule has 0 spiro atoms. The van der Waals surface area contributed by atoms with Crippen molar-refractivity contribution in [2.45, 2.75) is 69.6 Å². The van der Waals surface area contributed by atoms with Crippen LogP contribution in [0.3, 0.4) is 0 Å². The van der Waals surface area contributed by atoms with Gasteiger partial charge in [-0.1, -0.05) is 47.6 Å². The van der Waals surface area contributed by atoms with Gasteiger partial charge in [0.05, 0.1) is 0 Å². The highest BCUT2D eigenvalue weighted by atomic mass is 32.2. The Morgan fingerprint density at radius 2 is 1.14 bits per heavy atom. The molecule has 0 aliphatic rings. The first-order valence-corrected chi connectivity index (χ1v) is 12.0. The Morgan fingerprint density at radius 3 is 1.47 bits per heavy atom. The molecule has 0 saturated heterocycles. The Balaban J connectivity index is 2.64. The van der Waals surface area contributed by atoms with Crippen molar-refractivity contribution in [3.8, 4) is 11.8 Å². The lowest BCUT2D eigenvalue weighted by Crippen LogP contribution is -2.25. The van der Waals surface area contributed by atoms with Gasteiger partial charge in [0.25, 0.3) is 10.0 Å². The SMILES string of the molecule is CC(C)(C)c1cc(NS(=O)(=O)c2c(OCC(F)(F)F)ncnc2OCC(F)(F)F)cc(C(C)(C)C)c1. The van der Waals surface area contributed by atoms with E-state index in [1.54, 1.807) is 0 Å². The molecule has 0 aliphatic heterocycles. The molecule has 2 rings (SSSR count). The predicted octanol–water partition coefficient (Wildman–Crippen LogP) is 5.75. The van der Waals surface area contributed by atoms with E-state index in [4.69, 9.17) is 0 Å². The molecule has 0 atom stereocenters. The smallest absolute Gasteiger partial charge is 0.422 e. The lowest BCUT2D eigenvalue weighted by molar-refractivity contribution is -0.155. The summed E-state index contributed by atoms with van der Waals surface area (Å²) in [6.07, 6.45) is -9.22. The number of rotatable bonds is 7. The second-order valence-corrected chi connectivity index (χ2v) is 11.6. The van der Waals surface area contributed by atoms with E-state index in [0.717, 1.165) is 11.1 Å². The third-order valence-corrected chi connectivity index (χ3v) is 6.06. The molecule has 0 amide bonds. The molecular formula is C22H27F6N3O4S. The van der Waals surface area contributed by atoms with E-state index >= 15 is 0 Å². The Morgan fingerprint density at radius 1 is 0.750 bits per heavy atom. The van der Waals surface area contributed by atoms with Gasteiger partial charge in [-0.25, -0.2) is 18.4 Å². The van der Waals surface area contributed by atoms with Crippen LogP contribution < -0.4 is 14.2 Å². The molecule has 7 nitrogen and oxygen atoms in total. The minimum Gasteiger partial charge on any atom is -0.467 e. The number of aromatic nitrogens is 2. The van der Waals surface area contributed by atoms with Crippen LogP contribution in [0.4, 0.5) is 32.0 Å². The summed E-state index contributed by atoms with van der Waals surface area (Å²) >= 11 is 0. The van der Waals surface area contributed by atoms with Gasteiger partial charge in [0.15, 0.2) is 13.2 Å². The quantitative estimate of drug-likeness (QED) is 0.447. The number of anilines is 1. The number of hydrogen-bond acceptors (Lipinski definition) is 6. The summed E-state index contributed by atoms with van der Waals surface area (Å²) in [6.45, 7) is 7.47. The molecule has 202 valence electrons. The zero-order valence-electron chi connectivity index (χ0n) is 20.4. The minimum absolute atomic E-state index is 0.0275. The van der Waals surface area contributed by atoms with Crippen molar-refractivity contribution < 1.29 is 44.2 Å². The Kier molecular flexibility index (Phi) is 8.14. The maximum absolute atomic E-state index is 13.3. The zero-order chi connectivity index (χ0) is 27.7. The number of nitrogens with zero attached hydrogens (tertiary/aromatic N) is 2. The van der Waals surface area contributed by atoms with E-state index in [2.05, 4.69) is 24.2 Å². The van der Waals surface area contributed by atoms with Crippen molar-refractivity contribution in [3.05, 3.63) is 35.7 Å². The molecule has 0 bridgehead atoms. The monoisotopic (exact) mass is 543 g/mol. The fourth-order valence-electron chi connectivity index (χ4n) is 2.84. The first kappa shape index (κ1) is 29.5. The van der Waals surface area contributed by atoms with E-state index < -0.39 is 63.1 Å². The molecule has 0 aliphatic carbocycles. The van der Waals surface area contributed by atoms with Crippen molar-refractivity contribution in [3.63, 3.8) is 0 Å². The number of benzene rings is 1. The number of halogens is 6. The van der Waals surface area contributed by atoms with E-state index in [-0.39, 0.29) is 5.69 Å². The molecule has 0 saturated carbocycles. The third-order valence-electron chi connectivity index (χ3n) is 4.67. The van der Waals surface area contributed by atoms with Gasteiger partial charge in [0, 0.05) is 5.69 Å². The summed E-state index contributed by atoms with van der Waals surface area (Å²) in [7, 11) is -4.89. The lowest BCUT2D eigenvalue weighted by atomic mass is 9.80. The summed E-state index contributed by atoms with van der Waals surface area (Å²) in [5.41, 5.74) is 0.663. The molecule has 1 N–H and O–H groups in total. The Bertz CT molecular complexity index is 1120. The molecule has 2 aromatic rings. The van der Waals surface area contributed by atoms with Crippen molar-refractivity contribution >= 4 is 15.7 Å². The van der Waals surface area contributed by atoms with Gasteiger partial charge < -0.3 is 9.47 Å². The third kappa shape index (κ3) is 8.42. The molecule has 1 aromatic heterocycles. The van der Waals surface area contributed by atoms with Gasteiger partial charge in [-0.2, -0.15) is 26.3 Å². The molecule has 1 heterocycles. The predicted molar refractivity (Wildman–Crippen MR) is 120 cm³/mol. The topological polar surface area (TPSA) is 90.4 Å². The van der Waals surface area contributed by atoms with Crippen LogP contribution in [0.5, 0.6) is 11.8 Å². The van der Waals surface area contributed by atoms with E-state index in [9.17, 15) is 34.8 Å². The van der Waals surface area contributed by atoms with E-state index in [1.807, 2.05) is 47.6 Å². The summed E-state index contributed by atoms with van der Waals surface area (Å²) in [5, 5.41) is 0. The maximum Gasteiger partial charge on any atom is 0.422 e. The molecular weight excluding hydrogens is 516 g/mol. The van der Waals surface area contributed by atoms with Crippen LogP contribution in [-0.2, 0) is 20.9 Å². The van der Waals surface area contributed by atoms with Gasteiger partial charge in [0.2, 0.25) is 16.7 Å².